The summed E-state index contributed by atoms with van der Waals surface area (Å²) in [7, 11) is 1.52. The molecule has 1 heterocycles. The third-order valence-electron chi connectivity index (χ3n) is 6.20. The van der Waals surface area contributed by atoms with E-state index < -0.39 is 5.97 Å². The molecular weight excluding hydrogens is 592 g/mol. The number of rotatable bonds is 10. The molecule has 1 aliphatic rings. The van der Waals surface area contributed by atoms with E-state index in [-0.39, 0.29) is 19.1 Å². The lowest BCUT2D eigenvalue weighted by molar-refractivity contribution is -0.145. The number of hydrogen-bond donors (Lipinski definition) is 0. The predicted octanol–water partition coefficient (Wildman–Crippen LogP) is 7.33. The Bertz CT molecular complexity index is 1440. The Labute approximate surface area is 247 Å². The highest BCUT2D eigenvalue weighted by Crippen LogP contribution is 2.40. The number of methoxy groups -OCH3 is 1. The zero-order chi connectivity index (χ0) is 28.6. The molecule has 40 heavy (non-hydrogen) atoms. The zero-order valence-corrected chi connectivity index (χ0v) is 25.3. The number of carbonyl (C=O) groups excluding carboxylic acids is 2. The SMILES string of the molecule is CCOC(=O)COc1cc(Br)c(/C=C2\SC(=Nc3ccc(CC)cc3)N(c3ccc(CC)cc3)C2=O)cc1OC. The van der Waals surface area contributed by atoms with Gasteiger partial charge in [0.05, 0.1) is 30.0 Å². The van der Waals surface area contributed by atoms with Crippen molar-refractivity contribution in [3.05, 3.63) is 86.7 Å². The van der Waals surface area contributed by atoms with Crippen molar-refractivity contribution < 1.29 is 23.8 Å². The van der Waals surface area contributed by atoms with Crippen LogP contribution in [0, 0.1) is 0 Å². The Kier molecular flexibility index (Phi) is 10.1. The number of aliphatic imine (C=N–C) groups is 1. The van der Waals surface area contributed by atoms with Gasteiger partial charge in [-0.15, -0.1) is 0 Å². The minimum Gasteiger partial charge on any atom is -0.493 e. The van der Waals surface area contributed by atoms with E-state index in [0.717, 1.165) is 24.2 Å². The summed E-state index contributed by atoms with van der Waals surface area (Å²) in [6.45, 7) is 5.97. The fraction of sp³-hybridized carbons (Fsp3) is 0.258. The van der Waals surface area contributed by atoms with Crippen LogP contribution in [0.2, 0.25) is 0 Å². The Hall–Kier alpha value is -3.56. The highest BCUT2D eigenvalue weighted by Gasteiger charge is 2.35. The maximum Gasteiger partial charge on any atom is 0.344 e. The van der Waals surface area contributed by atoms with Gasteiger partial charge in [-0.2, -0.15) is 0 Å². The van der Waals surface area contributed by atoms with E-state index in [0.29, 0.717) is 31.6 Å². The molecule has 0 saturated carbocycles. The summed E-state index contributed by atoms with van der Waals surface area (Å²) in [6.07, 6.45) is 3.65. The number of benzene rings is 3. The van der Waals surface area contributed by atoms with Crippen molar-refractivity contribution in [2.75, 3.05) is 25.2 Å². The van der Waals surface area contributed by atoms with E-state index in [2.05, 4.69) is 29.8 Å². The fourth-order valence-electron chi connectivity index (χ4n) is 3.99. The van der Waals surface area contributed by atoms with Gasteiger partial charge < -0.3 is 14.2 Å². The van der Waals surface area contributed by atoms with Gasteiger partial charge in [0.2, 0.25) is 0 Å². The van der Waals surface area contributed by atoms with Crippen molar-refractivity contribution in [1.29, 1.82) is 0 Å². The van der Waals surface area contributed by atoms with Gasteiger partial charge in [0, 0.05) is 4.47 Å². The van der Waals surface area contributed by atoms with Crippen LogP contribution in [0.25, 0.3) is 6.08 Å². The zero-order valence-electron chi connectivity index (χ0n) is 22.9. The molecule has 0 spiro atoms. The number of ether oxygens (including phenoxy) is 3. The molecular formula is C31H31BrN2O5S. The summed E-state index contributed by atoms with van der Waals surface area (Å²) < 4.78 is 16.7. The summed E-state index contributed by atoms with van der Waals surface area (Å²) in [5.41, 5.74) is 4.65. The largest absolute Gasteiger partial charge is 0.493 e. The third-order valence-corrected chi connectivity index (χ3v) is 7.85. The smallest absolute Gasteiger partial charge is 0.344 e. The first-order valence-corrected chi connectivity index (χ1v) is 14.6. The van der Waals surface area contributed by atoms with Crippen LogP contribution in [0.3, 0.4) is 0 Å². The van der Waals surface area contributed by atoms with E-state index in [1.54, 1.807) is 30.0 Å². The average molecular weight is 624 g/mol. The first-order chi connectivity index (χ1) is 19.4. The summed E-state index contributed by atoms with van der Waals surface area (Å²) in [6, 6.07) is 19.4. The number of halogens is 1. The second-order valence-corrected chi connectivity index (χ2v) is 10.7. The monoisotopic (exact) mass is 622 g/mol. The predicted molar refractivity (Wildman–Crippen MR) is 165 cm³/mol. The van der Waals surface area contributed by atoms with E-state index in [1.165, 1.54) is 30.0 Å². The Balaban J connectivity index is 1.69. The molecule has 0 unspecified atom stereocenters. The summed E-state index contributed by atoms with van der Waals surface area (Å²) >= 11 is 4.88. The molecule has 7 nitrogen and oxygen atoms in total. The van der Waals surface area contributed by atoms with Gasteiger partial charge in [0.1, 0.15) is 0 Å². The highest BCUT2D eigenvalue weighted by atomic mass is 79.9. The molecule has 1 amide bonds. The molecule has 0 bridgehead atoms. The van der Waals surface area contributed by atoms with Crippen LogP contribution in [0.4, 0.5) is 11.4 Å². The number of amidine groups is 1. The van der Waals surface area contributed by atoms with Gasteiger partial charge in [-0.05, 0) is 90.7 Å². The van der Waals surface area contributed by atoms with Gasteiger partial charge >= 0.3 is 5.97 Å². The molecule has 0 atom stereocenters. The molecule has 0 aliphatic carbocycles. The number of thioether (sulfide) groups is 1. The molecule has 4 rings (SSSR count). The minimum atomic E-state index is -0.469. The minimum absolute atomic E-state index is 0.174. The third kappa shape index (κ3) is 6.95. The van der Waals surface area contributed by atoms with E-state index >= 15 is 0 Å². The van der Waals surface area contributed by atoms with Crippen molar-refractivity contribution in [3.63, 3.8) is 0 Å². The number of esters is 1. The van der Waals surface area contributed by atoms with Crippen LogP contribution in [0.1, 0.15) is 37.5 Å². The standard InChI is InChI=1S/C31H31BrN2O5S/c1-5-20-8-12-23(13-9-20)33-31-34(24-14-10-21(6-2)11-15-24)30(36)28(40-31)17-22-16-26(37-4)27(18-25(22)32)39-19-29(35)38-7-3/h8-18H,5-7,19H2,1-4H3/b28-17-,33-31?. The summed E-state index contributed by atoms with van der Waals surface area (Å²) in [5.74, 6) is 0.159. The maximum absolute atomic E-state index is 13.8. The molecule has 0 radical (unpaired) electrons. The van der Waals surface area contributed by atoms with Crippen molar-refractivity contribution in [2.24, 2.45) is 4.99 Å². The Morgan fingerprint density at radius 1 is 0.975 bits per heavy atom. The summed E-state index contributed by atoms with van der Waals surface area (Å²) in [5, 5.41) is 0.572. The first kappa shape index (κ1) is 29.4. The number of carbonyl (C=O) groups is 2. The van der Waals surface area contributed by atoms with Gasteiger partial charge in [-0.25, -0.2) is 9.79 Å². The average Bonchev–Trinajstić information content (AvgIpc) is 3.27. The molecule has 208 valence electrons. The Morgan fingerprint density at radius 2 is 1.62 bits per heavy atom. The molecule has 1 saturated heterocycles. The highest BCUT2D eigenvalue weighted by molar-refractivity contribution is 9.10. The number of hydrogen-bond acceptors (Lipinski definition) is 7. The van der Waals surface area contributed by atoms with Crippen molar-refractivity contribution in [3.8, 4) is 11.5 Å². The maximum atomic E-state index is 13.8. The number of aryl methyl sites for hydroxylation is 2. The molecule has 0 N–H and O–H groups in total. The normalized spacial score (nSPS) is 15.1. The van der Waals surface area contributed by atoms with Crippen LogP contribution in [0.15, 0.2) is 75.0 Å². The first-order valence-electron chi connectivity index (χ1n) is 13.0. The lowest BCUT2D eigenvalue weighted by Gasteiger charge is -2.16. The van der Waals surface area contributed by atoms with E-state index in [1.807, 2.05) is 48.5 Å². The van der Waals surface area contributed by atoms with Crippen LogP contribution in [0.5, 0.6) is 11.5 Å². The second kappa shape index (κ2) is 13.7. The van der Waals surface area contributed by atoms with Crippen LogP contribution >= 0.6 is 27.7 Å². The van der Waals surface area contributed by atoms with Crippen molar-refractivity contribution in [1.82, 2.24) is 0 Å². The number of anilines is 1. The van der Waals surface area contributed by atoms with Crippen LogP contribution < -0.4 is 14.4 Å². The molecule has 3 aromatic carbocycles. The van der Waals surface area contributed by atoms with Crippen LogP contribution in [-0.4, -0.2) is 37.4 Å². The lowest BCUT2D eigenvalue weighted by atomic mass is 10.1. The quantitative estimate of drug-likeness (QED) is 0.174. The van der Waals surface area contributed by atoms with Crippen molar-refractivity contribution >= 4 is 62.2 Å². The van der Waals surface area contributed by atoms with Crippen molar-refractivity contribution in [2.45, 2.75) is 33.6 Å². The lowest BCUT2D eigenvalue weighted by Crippen LogP contribution is -2.28. The molecule has 0 aromatic heterocycles. The Morgan fingerprint density at radius 3 is 2.23 bits per heavy atom. The second-order valence-electron chi connectivity index (χ2n) is 8.80. The fourth-order valence-corrected chi connectivity index (χ4v) is 5.42. The van der Waals surface area contributed by atoms with Crippen LogP contribution in [-0.2, 0) is 27.2 Å². The van der Waals surface area contributed by atoms with Gasteiger partial charge in [-0.1, -0.05) is 54.0 Å². The molecule has 1 aliphatic heterocycles. The molecule has 9 heteroatoms. The molecule has 1 fully saturated rings. The number of amides is 1. The van der Waals surface area contributed by atoms with Gasteiger partial charge in [0.25, 0.3) is 5.91 Å². The van der Waals surface area contributed by atoms with Gasteiger partial charge in [0.15, 0.2) is 23.3 Å². The molecule has 3 aromatic rings. The van der Waals surface area contributed by atoms with E-state index in [4.69, 9.17) is 19.2 Å². The topological polar surface area (TPSA) is 77.4 Å². The van der Waals surface area contributed by atoms with E-state index in [9.17, 15) is 9.59 Å². The number of nitrogens with zero attached hydrogens (tertiary/aromatic N) is 2. The summed E-state index contributed by atoms with van der Waals surface area (Å²) in [4.78, 5) is 32.5. The van der Waals surface area contributed by atoms with Gasteiger partial charge in [-0.3, -0.25) is 9.69 Å².